The highest BCUT2D eigenvalue weighted by Gasteiger charge is 2.01. The van der Waals surface area contributed by atoms with Crippen molar-refractivity contribution in [3.05, 3.63) is 33.3 Å². The number of halogens is 1. The van der Waals surface area contributed by atoms with Gasteiger partial charge in [0.25, 0.3) is 0 Å². The van der Waals surface area contributed by atoms with Crippen molar-refractivity contribution in [3.63, 3.8) is 0 Å². The molecule has 16 heavy (non-hydrogen) atoms. The Morgan fingerprint density at radius 2 is 1.69 bits per heavy atom. The van der Waals surface area contributed by atoms with Gasteiger partial charge in [0.1, 0.15) is 0 Å². The highest BCUT2D eigenvalue weighted by molar-refractivity contribution is 9.10. The lowest BCUT2D eigenvalue weighted by atomic mass is 10.0. The van der Waals surface area contributed by atoms with Gasteiger partial charge in [-0.3, -0.25) is 0 Å². The number of aryl methyl sites for hydroxylation is 3. The van der Waals surface area contributed by atoms with Gasteiger partial charge in [-0.15, -0.1) is 11.8 Å². The molecule has 0 unspecified atom stereocenters. The van der Waals surface area contributed by atoms with Crippen LogP contribution in [0.4, 0.5) is 0 Å². The quantitative estimate of drug-likeness (QED) is 0.697. The van der Waals surface area contributed by atoms with E-state index in [1.54, 1.807) is 0 Å². The Kier molecular flexibility index (Phi) is 5.63. The van der Waals surface area contributed by atoms with Crippen LogP contribution in [0.3, 0.4) is 0 Å². The summed E-state index contributed by atoms with van der Waals surface area (Å²) in [6.45, 7) is 6.47. The van der Waals surface area contributed by atoms with Gasteiger partial charge in [0, 0.05) is 17.3 Å². The van der Waals surface area contributed by atoms with Crippen molar-refractivity contribution < 1.29 is 0 Å². The van der Waals surface area contributed by atoms with Crippen molar-refractivity contribution in [2.75, 3.05) is 0 Å². The average Bonchev–Trinajstić information content (AvgIpc) is 2.25. The summed E-state index contributed by atoms with van der Waals surface area (Å²) in [7, 11) is 0. The first kappa shape index (κ1) is 13.3. The molecule has 1 heteroatoms. The van der Waals surface area contributed by atoms with Crippen molar-refractivity contribution in [3.8, 4) is 11.8 Å². The Hall–Kier alpha value is -0.740. The van der Waals surface area contributed by atoms with Crippen LogP contribution in [0.1, 0.15) is 42.9 Å². The molecule has 0 aliphatic rings. The van der Waals surface area contributed by atoms with E-state index in [0.717, 1.165) is 25.7 Å². The summed E-state index contributed by atoms with van der Waals surface area (Å²) in [5.74, 6) is 6.41. The molecule has 0 atom stereocenters. The number of benzene rings is 1. The Morgan fingerprint density at radius 1 is 1.06 bits per heavy atom. The summed E-state index contributed by atoms with van der Waals surface area (Å²) >= 11 is 3.62. The van der Waals surface area contributed by atoms with Gasteiger partial charge < -0.3 is 0 Å². The van der Waals surface area contributed by atoms with Crippen molar-refractivity contribution in [1.82, 2.24) is 0 Å². The van der Waals surface area contributed by atoms with Gasteiger partial charge in [0.05, 0.1) is 0 Å². The molecular formula is C15H19Br. The maximum Gasteiger partial charge on any atom is 0.0210 e. The number of hydrogen-bond acceptors (Lipinski definition) is 0. The predicted octanol–water partition coefficient (Wildman–Crippen LogP) is 4.80. The molecule has 0 nitrogen and oxygen atoms in total. The summed E-state index contributed by atoms with van der Waals surface area (Å²) in [6, 6.07) is 4.46. The van der Waals surface area contributed by atoms with Crippen LogP contribution >= 0.6 is 15.9 Å². The third-order valence-corrected chi connectivity index (χ3v) is 3.42. The topological polar surface area (TPSA) is 0 Å². The largest absolute Gasteiger partial charge is 0.103 e. The van der Waals surface area contributed by atoms with Gasteiger partial charge in [-0.25, -0.2) is 0 Å². The maximum atomic E-state index is 3.62. The molecule has 0 saturated carbocycles. The zero-order valence-electron chi connectivity index (χ0n) is 10.4. The first-order valence-electron chi connectivity index (χ1n) is 5.86. The van der Waals surface area contributed by atoms with E-state index in [1.807, 2.05) is 0 Å². The molecule has 0 bridgehead atoms. The summed E-state index contributed by atoms with van der Waals surface area (Å²) in [5, 5.41) is 0. The Bertz CT molecular complexity index is 407. The number of hydrogen-bond donors (Lipinski definition) is 0. The molecule has 86 valence electrons. The van der Waals surface area contributed by atoms with Crippen LogP contribution in [0.15, 0.2) is 16.6 Å². The summed E-state index contributed by atoms with van der Waals surface area (Å²) in [6.07, 6.45) is 4.17. The van der Waals surface area contributed by atoms with Crippen LogP contribution in [-0.2, 0) is 6.42 Å². The highest BCUT2D eigenvalue weighted by atomic mass is 79.9. The zero-order chi connectivity index (χ0) is 12.0. The fourth-order valence-electron chi connectivity index (χ4n) is 1.53. The highest BCUT2D eigenvalue weighted by Crippen LogP contribution is 2.22. The SMILES string of the molecule is CCCC#CCCc1cc(C)c(C)cc1Br. The summed E-state index contributed by atoms with van der Waals surface area (Å²) in [5.41, 5.74) is 4.07. The molecular weight excluding hydrogens is 260 g/mol. The van der Waals surface area contributed by atoms with E-state index in [-0.39, 0.29) is 0 Å². The van der Waals surface area contributed by atoms with Crippen LogP contribution in [0.25, 0.3) is 0 Å². The van der Waals surface area contributed by atoms with Crippen LogP contribution < -0.4 is 0 Å². The molecule has 0 saturated heterocycles. The lowest BCUT2D eigenvalue weighted by Crippen LogP contribution is -1.90. The van der Waals surface area contributed by atoms with Crippen molar-refractivity contribution in [2.24, 2.45) is 0 Å². The Labute approximate surface area is 108 Å². The lowest BCUT2D eigenvalue weighted by molar-refractivity contribution is 0.971. The van der Waals surface area contributed by atoms with Crippen molar-refractivity contribution >= 4 is 15.9 Å². The fourth-order valence-corrected chi connectivity index (χ4v) is 2.19. The van der Waals surface area contributed by atoms with Gasteiger partial charge in [0.2, 0.25) is 0 Å². The van der Waals surface area contributed by atoms with E-state index in [0.29, 0.717) is 0 Å². The Morgan fingerprint density at radius 3 is 2.38 bits per heavy atom. The van der Waals surface area contributed by atoms with Crippen LogP contribution in [0.2, 0.25) is 0 Å². The molecule has 0 N–H and O–H groups in total. The van der Waals surface area contributed by atoms with E-state index in [9.17, 15) is 0 Å². The van der Waals surface area contributed by atoms with Crippen molar-refractivity contribution in [1.29, 1.82) is 0 Å². The lowest BCUT2D eigenvalue weighted by Gasteiger charge is -2.06. The van der Waals surface area contributed by atoms with Gasteiger partial charge in [-0.1, -0.05) is 28.9 Å². The van der Waals surface area contributed by atoms with Crippen LogP contribution in [0.5, 0.6) is 0 Å². The number of rotatable bonds is 3. The predicted molar refractivity (Wildman–Crippen MR) is 74.6 cm³/mol. The zero-order valence-corrected chi connectivity index (χ0v) is 11.9. The molecule has 0 amide bonds. The standard InChI is InChI=1S/C15H19Br/c1-4-5-6-7-8-9-14-10-12(2)13(3)11-15(14)16/h10-11H,4-5,8-9H2,1-3H3. The maximum absolute atomic E-state index is 3.62. The molecule has 1 aromatic rings. The smallest absolute Gasteiger partial charge is 0.0210 e. The van der Waals surface area contributed by atoms with Gasteiger partial charge in [-0.2, -0.15) is 0 Å². The molecule has 0 aliphatic heterocycles. The van der Waals surface area contributed by atoms with E-state index < -0.39 is 0 Å². The summed E-state index contributed by atoms with van der Waals surface area (Å²) < 4.78 is 1.22. The molecule has 1 rings (SSSR count). The normalized spacial score (nSPS) is 9.75. The van der Waals surface area contributed by atoms with E-state index in [4.69, 9.17) is 0 Å². The second-order valence-electron chi connectivity index (χ2n) is 4.13. The van der Waals surface area contributed by atoms with Gasteiger partial charge >= 0.3 is 0 Å². The minimum absolute atomic E-state index is 0.959. The van der Waals surface area contributed by atoms with Crippen LogP contribution in [0, 0.1) is 25.7 Å². The fraction of sp³-hybridized carbons (Fsp3) is 0.467. The average molecular weight is 279 g/mol. The third kappa shape index (κ3) is 4.02. The van der Waals surface area contributed by atoms with Crippen molar-refractivity contribution in [2.45, 2.75) is 46.5 Å². The first-order chi connectivity index (χ1) is 7.65. The minimum atomic E-state index is 0.959. The van der Waals surface area contributed by atoms with Gasteiger partial charge in [-0.05, 0) is 49.4 Å². The Balaban J connectivity index is 2.62. The van der Waals surface area contributed by atoms with Gasteiger partial charge in [0.15, 0.2) is 0 Å². The molecule has 0 spiro atoms. The second-order valence-corrected chi connectivity index (χ2v) is 4.99. The van der Waals surface area contributed by atoms with E-state index in [2.05, 4.69) is 60.7 Å². The summed E-state index contributed by atoms with van der Waals surface area (Å²) in [4.78, 5) is 0. The molecule has 1 aromatic carbocycles. The molecule has 0 aliphatic carbocycles. The third-order valence-electron chi connectivity index (χ3n) is 2.68. The second kappa shape index (κ2) is 6.76. The van der Waals surface area contributed by atoms with E-state index >= 15 is 0 Å². The number of unbranched alkanes of at least 4 members (excludes halogenated alkanes) is 1. The molecule has 0 aromatic heterocycles. The first-order valence-corrected chi connectivity index (χ1v) is 6.65. The molecule has 0 fully saturated rings. The van der Waals surface area contributed by atoms with E-state index in [1.165, 1.54) is 21.2 Å². The van der Waals surface area contributed by atoms with Crippen LogP contribution in [-0.4, -0.2) is 0 Å². The molecule has 0 heterocycles. The monoisotopic (exact) mass is 278 g/mol. The minimum Gasteiger partial charge on any atom is -0.103 e. The molecule has 0 radical (unpaired) electrons.